The van der Waals surface area contributed by atoms with E-state index in [-0.39, 0.29) is 18.0 Å². The van der Waals surface area contributed by atoms with Gasteiger partial charge in [-0.25, -0.2) is 4.39 Å². The fourth-order valence-electron chi connectivity index (χ4n) is 2.76. The number of likely N-dealkylation sites (N-methyl/N-ethyl adjacent to an activating group) is 2. The van der Waals surface area contributed by atoms with Gasteiger partial charge in [-0.3, -0.25) is 9.59 Å². The van der Waals surface area contributed by atoms with Crippen LogP contribution in [-0.4, -0.2) is 62.4 Å². The number of halogens is 4. The molecule has 9 heteroatoms. The average Bonchev–Trinajstić information content (AvgIpc) is 3.37. The summed E-state index contributed by atoms with van der Waals surface area (Å²) in [7, 11) is 5.35. The molecular formula is C18H23F4N3O2. The lowest BCUT2D eigenvalue weighted by atomic mass is 9.93. The number of carbonyl (C=O) groups is 2. The quantitative estimate of drug-likeness (QED) is 0.726. The predicted octanol–water partition coefficient (Wildman–Crippen LogP) is 2.01. The van der Waals surface area contributed by atoms with Crippen LogP contribution < -0.4 is 5.32 Å². The zero-order chi connectivity index (χ0) is 20.4. The van der Waals surface area contributed by atoms with Crippen molar-refractivity contribution in [3.05, 3.63) is 35.1 Å². The smallest absolute Gasteiger partial charge is 0.346 e. The summed E-state index contributed by atoms with van der Waals surface area (Å²) >= 11 is 0. The van der Waals surface area contributed by atoms with Gasteiger partial charge in [0.25, 0.3) is 0 Å². The Morgan fingerprint density at radius 1 is 1.15 bits per heavy atom. The lowest BCUT2D eigenvalue weighted by Gasteiger charge is -2.21. The SMILES string of the molecule is CN(C)CCN(C)C(=O)CNC(=O)C1(c2ccc(C(F)(F)F)cc2F)CC1. The van der Waals surface area contributed by atoms with E-state index in [0.717, 1.165) is 12.1 Å². The topological polar surface area (TPSA) is 52.6 Å². The molecule has 0 aromatic heterocycles. The summed E-state index contributed by atoms with van der Waals surface area (Å²) in [6, 6.07) is 2.19. The molecule has 1 aliphatic carbocycles. The highest BCUT2D eigenvalue weighted by atomic mass is 19.4. The van der Waals surface area contributed by atoms with Crippen LogP contribution in [0.15, 0.2) is 18.2 Å². The monoisotopic (exact) mass is 389 g/mol. The van der Waals surface area contributed by atoms with Gasteiger partial charge in [-0.1, -0.05) is 6.07 Å². The largest absolute Gasteiger partial charge is 0.416 e. The van der Waals surface area contributed by atoms with Crippen LogP contribution in [0, 0.1) is 5.82 Å². The number of rotatable bonds is 7. The number of nitrogens with zero attached hydrogens (tertiary/aromatic N) is 2. The first-order valence-corrected chi connectivity index (χ1v) is 8.51. The normalized spacial score (nSPS) is 15.6. The molecule has 0 saturated heterocycles. The number of alkyl halides is 3. The molecule has 0 unspecified atom stereocenters. The van der Waals surface area contributed by atoms with Gasteiger partial charge in [-0.2, -0.15) is 13.2 Å². The average molecular weight is 389 g/mol. The summed E-state index contributed by atoms with van der Waals surface area (Å²) in [5.41, 5.74) is -2.37. The van der Waals surface area contributed by atoms with Gasteiger partial charge >= 0.3 is 6.18 Å². The van der Waals surface area contributed by atoms with E-state index < -0.39 is 28.9 Å². The standard InChI is InChI=1S/C18H23F4N3O2/c1-24(2)8-9-25(3)15(26)11-23-16(27)17(6-7-17)13-5-4-12(10-14(13)19)18(20,21)22/h4-5,10H,6-9,11H2,1-3H3,(H,23,27). The number of nitrogens with one attached hydrogen (secondary N) is 1. The Morgan fingerprint density at radius 3 is 2.26 bits per heavy atom. The van der Waals surface area contributed by atoms with Gasteiger partial charge in [-0.05, 0) is 39.1 Å². The molecule has 1 aromatic rings. The lowest BCUT2D eigenvalue weighted by Crippen LogP contribution is -2.43. The van der Waals surface area contributed by atoms with Crippen molar-refractivity contribution < 1.29 is 27.2 Å². The summed E-state index contributed by atoms with van der Waals surface area (Å²) in [6.45, 7) is 0.907. The zero-order valence-corrected chi connectivity index (χ0v) is 15.5. The van der Waals surface area contributed by atoms with Gasteiger partial charge in [0.05, 0.1) is 17.5 Å². The Bertz CT molecular complexity index is 715. The lowest BCUT2D eigenvalue weighted by molar-refractivity contribution is -0.137. The summed E-state index contributed by atoms with van der Waals surface area (Å²) in [6.07, 6.45) is -4.00. The van der Waals surface area contributed by atoms with Gasteiger partial charge in [0.1, 0.15) is 5.82 Å². The third-order valence-electron chi connectivity index (χ3n) is 4.71. The highest BCUT2D eigenvalue weighted by Gasteiger charge is 2.53. The number of amides is 2. The van der Waals surface area contributed by atoms with Crippen LogP contribution in [0.2, 0.25) is 0 Å². The number of benzene rings is 1. The van der Waals surface area contributed by atoms with E-state index in [1.165, 1.54) is 4.90 Å². The molecule has 150 valence electrons. The van der Waals surface area contributed by atoms with Crippen LogP contribution in [0.3, 0.4) is 0 Å². The van der Waals surface area contributed by atoms with E-state index in [9.17, 15) is 27.2 Å². The highest BCUT2D eigenvalue weighted by molar-refractivity contribution is 5.94. The molecule has 2 amide bonds. The molecule has 0 spiro atoms. The maximum Gasteiger partial charge on any atom is 0.416 e. The second kappa shape index (κ2) is 7.84. The van der Waals surface area contributed by atoms with E-state index >= 15 is 0 Å². The van der Waals surface area contributed by atoms with Crippen LogP contribution >= 0.6 is 0 Å². The van der Waals surface area contributed by atoms with Crippen molar-refractivity contribution in [1.82, 2.24) is 15.1 Å². The van der Waals surface area contributed by atoms with Crippen molar-refractivity contribution >= 4 is 11.8 Å². The van der Waals surface area contributed by atoms with Crippen molar-refractivity contribution in [3.63, 3.8) is 0 Å². The van der Waals surface area contributed by atoms with Crippen molar-refractivity contribution in [2.75, 3.05) is 40.8 Å². The number of hydrogen-bond acceptors (Lipinski definition) is 3. The van der Waals surface area contributed by atoms with Crippen molar-refractivity contribution in [3.8, 4) is 0 Å². The van der Waals surface area contributed by atoms with Crippen LogP contribution in [0.5, 0.6) is 0 Å². The van der Waals surface area contributed by atoms with Gasteiger partial charge in [0.2, 0.25) is 11.8 Å². The molecule has 1 saturated carbocycles. The van der Waals surface area contributed by atoms with E-state index in [1.807, 2.05) is 19.0 Å². The van der Waals surface area contributed by atoms with Crippen LogP contribution in [0.4, 0.5) is 17.6 Å². The minimum atomic E-state index is -4.65. The molecule has 1 N–H and O–H groups in total. The Labute approximate surface area is 155 Å². The minimum absolute atomic E-state index is 0.0681. The molecular weight excluding hydrogens is 366 g/mol. The molecule has 27 heavy (non-hydrogen) atoms. The molecule has 1 aromatic carbocycles. The molecule has 2 rings (SSSR count). The minimum Gasteiger partial charge on any atom is -0.346 e. The van der Waals surface area contributed by atoms with E-state index in [2.05, 4.69) is 5.32 Å². The van der Waals surface area contributed by atoms with E-state index in [0.29, 0.717) is 32.0 Å². The third kappa shape index (κ3) is 4.97. The Kier molecular flexibility index (Phi) is 6.14. The zero-order valence-electron chi connectivity index (χ0n) is 15.5. The summed E-state index contributed by atoms with van der Waals surface area (Å²) in [5.74, 6) is -1.91. The predicted molar refractivity (Wildman–Crippen MR) is 91.5 cm³/mol. The third-order valence-corrected chi connectivity index (χ3v) is 4.71. The Morgan fingerprint density at radius 2 is 1.78 bits per heavy atom. The second-order valence-electron chi connectivity index (χ2n) is 7.08. The van der Waals surface area contributed by atoms with Gasteiger partial charge in [-0.15, -0.1) is 0 Å². The maximum absolute atomic E-state index is 14.2. The molecule has 1 fully saturated rings. The fraction of sp³-hybridized carbons (Fsp3) is 0.556. The molecule has 5 nitrogen and oxygen atoms in total. The molecule has 0 heterocycles. The van der Waals surface area contributed by atoms with E-state index in [4.69, 9.17) is 0 Å². The number of carbonyl (C=O) groups excluding carboxylic acids is 2. The summed E-state index contributed by atoms with van der Waals surface area (Å²) < 4.78 is 52.3. The molecule has 0 atom stereocenters. The first-order valence-electron chi connectivity index (χ1n) is 8.51. The first-order chi connectivity index (χ1) is 12.5. The highest BCUT2D eigenvalue weighted by Crippen LogP contribution is 2.49. The number of hydrogen-bond donors (Lipinski definition) is 1. The van der Waals surface area contributed by atoms with Crippen molar-refractivity contribution in [1.29, 1.82) is 0 Å². The maximum atomic E-state index is 14.2. The van der Waals surface area contributed by atoms with Crippen molar-refractivity contribution in [2.24, 2.45) is 0 Å². The molecule has 0 radical (unpaired) electrons. The van der Waals surface area contributed by atoms with Gasteiger partial charge < -0.3 is 15.1 Å². The fourth-order valence-corrected chi connectivity index (χ4v) is 2.76. The summed E-state index contributed by atoms with van der Waals surface area (Å²) in [5, 5.41) is 2.49. The summed E-state index contributed by atoms with van der Waals surface area (Å²) in [4.78, 5) is 27.9. The molecule has 0 bridgehead atoms. The first kappa shape index (κ1) is 21.1. The van der Waals surface area contributed by atoms with Crippen LogP contribution in [0.25, 0.3) is 0 Å². The molecule has 0 aliphatic heterocycles. The molecule has 1 aliphatic rings. The van der Waals surface area contributed by atoms with Gasteiger partial charge in [0, 0.05) is 25.7 Å². The second-order valence-corrected chi connectivity index (χ2v) is 7.08. The van der Waals surface area contributed by atoms with E-state index in [1.54, 1.807) is 7.05 Å². The Hall–Kier alpha value is -2.16. The van der Waals surface area contributed by atoms with Crippen molar-refractivity contribution in [2.45, 2.75) is 24.4 Å². The van der Waals surface area contributed by atoms with Crippen LogP contribution in [-0.2, 0) is 21.2 Å². The van der Waals surface area contributed by atoms with Gasteiger partial charge in [0.15, 0.2) is 0 Å². The van der Waals surface area contributed by atoms with Crippen LogP contribution in [0.1, 0.15) is 24.0 Å². The Balaban J connectivity index is 2.01.